The topological polar surface area (TPSA) is 135 Å². The lowest BCUT2D eigenvalue weighted by Crippen LogP contribution is -2.67. The SMILES string of the molecule is CCOC(=O)C1=C(C)NC2NC(SCc3ccc([N+](=O)[O-])cc3)NC(=O)C2C1c1cccnc1. The number of carbonyl (C=O) groups excluding carboxylic acids is 2. The highest BCUT2D eigenvalue weighted by molar-refractivity contribution is 7.99. The van der Waals surface area contributed by atoms with E-state index in [1.807, 2.05) is 6.07 Å². The number of aromatic nitrogens is 1. The molecule has 0 spiro atoms. The number of amides is 1. The summed E-state index contributed by atoms with van der Waals surface area (Å²) >= 11 is 1.46. The maximum Gasteiger partial charge on any atom is 0.336 e. The highest BCUT2D eigenvalue weighted by Gasteiger charge is 2.48. The van der Waals surface area contributed by atoms with Crippen LogP contribution in [0, 0.1) is 16.0 Å². The summed E-state index contributed by atoms with van der Waals surface area (Å²) < 4.78 is 5.29. The number of benzene rings is 1. The fraction of sp³-hybridized carbons (Fsp3) is 0.348. The molecule has 0 aliphatic carbocycles. The van der Waals surface area contributed by atoms with Crippen LogP contribution in [0.3, 0.4) is 0 Å². The number of ether oxygens (including phenoxy) is 1. The lowest BCUT2D eigenvalue weighted by atomic mass is 9.75. The summed E-state index contributed by atoms with van der Waals surface area (Å²) in [4.78, 5) is 40.7. The zero-order valence-corrected chi connectivity index (χ0v) is 19.5. The summed E-state index contributed by atoms with van der Waals surface area (Å²) in [6.45, 7) is 3.78. The number of nitro benzene ring substituents is 1. The zero-order valence-electron chi connectivity index (χ0n) is 18.7. The number of nitro groups is 1. The van der Waals surface area contributed by atoms with Gasteiger partial charge in [0.2, 0.25) is 5.91 Å². The van der Waals surface area contributed by atoms with E-state index >= 15 is 0 Å². The summed E-state index contributed by atoms with van der Waals surface area (Å²) in [7, 11) is 0. The summed E-state index contributed by atoms with van der Waals surface area (Å²) in [5, 5.41) is 20.5. The zero-order chi connectivity index (χ0) is 24.2. The second-order valence-electron chi connectivity index (χ2n) is 7.96. The van der Waals surface area contributed by atoms with Gasteiger partial charge in [-0.2, -0.15) is 0 Å². The number of nitrogens with one attached hydrogen (secondary N) is 3. The third kappa shape index (κ3) is 4.90. The number of non-ortho nitro benzene ring substituents is 1. The Hall–Kier alpha value is -3.44. The Morgan fingerprint density at radius 3 is 2.65 bits per heavy atom. The van der Waals surface area contributed by atoms with Crippen LogP contribution in [0.4, 0.5) is 5.69 Å². The fourth-order valence-electron chi connectivity index (χ4n) is 4.29. The molecule has 0 saturated carbocycles. The molecule has 2 aliphatic heterocycles. The van der Waals surface area contributed by atoms with Gasteiger partial charge in [-0.25, -0.2) is 4.79 Å². The first-order chi connectivity index (χ1) is 16.4. The van der Waals surface area contributed by atoms with Gasteiger partial charge in [-0.05, 0) is 31.0 Å². The van der Waals surface area contributed by atoms with Crippen LogP contribution in [0.1, 0.15) is 30.9 Å². The molecule has 4 rings (SSSR count). The number of hydrogen-bond acceptors (Lipinski definition) is 9. The van der Waals surface area contributed by atoms with Crippen molar-refractivity contribution in [2.24, 2.45) is 5.92 Å². The average Bonchev–Trinajstić information content (AvgIpc) is 2.82. The quantitative estimate of drug-likeness (QED) is 0.308. The van der Waals surface area contributed by atoms with Crippen molar-refractivity contribution in [1.29, 1.82) is 0 Å². The molecule has 10 nitrogen and oxygen atoms in total. The van der Waals surface area contributed by atoms with Crippen molar-refractivity contribution < 1.29 is 19.2 Å². The van der Waals surface area contributed by atoms with Crippen LogP contribution in [0.15, 0.2) is 60.1 Å². The smallest absolute Gasteiger partial charge is 0.336 e. The summed E-state index contributed by atoms with van der Waals surface area (Å²) in [6.07, 6.45) is 2.90. The van der Waals surface area contributed by atoms with Crippen LogP contribution in [0.25, 0.3) is 0 Å². The van der Waals surface area contributed by atoms with E-state index < -0.39 is 28.9 Å². The minimum Gasteiger partial charge on any atom is -0.463 e. The molecule has 4 unspecified atom stereocenters. The van der Waals surface area contributed by atoms with Crippen LogP contribution in [0.5, 0.6) is 0 Å². The predicted molar refractivity (Wildman–Crippen MR) is 126 cm³/mol. The standard InChI is InChI=1S/C23H25N5O5S/c1-3-33-22(30)17-13(2)25-20-19(18(17)15-5-4-10-24-11-15)21(29)27-23(26-20)34-12-14-6-8-16(9-7-14)28(31)32/h4-11,18-20,23,25-26H,3,12H2,1-2H3,(H,27,29). The average molecular weight is 484 g/mol. The van der Waals surface area contributed by atoms with Gasteiger partial charge in [0, 0.05) is 41.9 Å². The number of pyridine rings is 1. The monoisotopic (exact) mass is 483 g/mol. The molecule has 11 heteroatoms. The summed E-state index contributed by atoms with van der Waals surface area (Å²) in [5.74, 6) is -1.22. The molecule has 3 N–H and O–H groups in total. The molecule has 4 atom stereocenters. The van der Waals surface area contributed by atoms with Gasteiger partial charge < -0.3 is 15.4 Å². The Bertz CT molecular complexity index is 1110. The van der Waals surface area contributed by atoms with Crippen molar-refractivity contribution in [2.45, 2.75) is 37.2 Å². The first-order valence-corrected chi connectivity index (χ1v) is 11.9. The van der Waals surface area contributed by atoms with Crippen molar-refractivity contribution in [3.8, 4) is 0 Å². The Morgan fingerprint density at radius 1 is 1.24 bits per heavy atom. The lowest BCUT2D eigenvalue weighted by molar-refractivity contribution is -0.384. The van der Waals surface area contributed by atoms with Gasteiger partial charge in [-0.3, -0.25) is 25.2 Å². The molecular weight excluding hydrogens is 458 g/mol. The van der Waals surface area contributed by atoms with Crippen molar-refractivity contribution >= 4 is 29.3 Å². The minimum absolute atomic E-state index is 0.0354. The van der Waals surface area contributed by atoms with Crippen LogP contribution < -0.4 is 16.0 Å². The van der Waals surface area contributed by atoms with E-state index in [1.165, 1.54) is 23.9 Å². The van der Waals surface area contributed by atoms with Gasteiger partial charge in [-0.1, -0.05) is 18.2 Å². The Labute approximate surface area is 200 Å². The highest BCUT2D eigenvalue weighted by atomic mass is 32.2. The van der Waals surface area contributed by atoms with E-state index in [9.17, 15) is 19.7 Å². The molecule has 1 aromatic heterocycles. The van der Waals surface area contributed by atoms with E-state index in [0.717, 1.165) is 11.1 Å². The first-order valence-electron chi connectivity index (χ1n) is 10.8. The van der Waals surface area contributed by atoms with Crippen molar-refractivity contribution in [2.75, 3.05) is 6.61 Å². The number of hydrogen-bond donors (Lipinski definition) is 3. The van der Waals surface area contributed by atoms with E-state index in [4.69, 9.17) is 4.74 Å². The van der Waals surface area contributed by atoms with Gasteiger partial charge in [-0.15, -0.1) is 11.8 Å². The van der Waals surface area contributed by atoms with Gasteiger partial charge in [0.25, 0.3) is 5.69 Å². The first kappa shape index (κ1) is 23.7. The van der Waals surface area contributed by atoms with Gasteiger partial charge >= 0.3 is 5.97 Å². The second-order valence-corrected chi connectivity index (χ2v) is 9.05. The highest BCUT2D eigenvalue weighted by Crippen LogP contribution is 2.40. The van der Waals surface area contributed by atoms with E-state index in [2.05, 4.69) is 20.9 Å². The molecule has 3 heterocycles. The molecule has 34 heavy (non-hydrogen) atoms. The molecule has 1 saturated heterocycles. The van der Waals surface area contributed by atoms with Crippen molar-refractivity contribution in [3.05, 3.63) is 81.3 Å². The normalized spacial score (nSPS) is 24.0. The fourth-order valence-corrected chi connectivity index (χ4v) is 5.28. The number of allylic oxidation sites excluding steroid dienone is 1. The number of nitrogens with zero attached hydrogens (tertiary/aromatic N) is 2. The van der Waals surface area contributed by atoms with E-state index in [1.54, 1.807) is 44.4 Å². The van der Waals surface area contributed by atoms with Crippen LogP contribution in [-0.2, 0) is 20.1 Å². The summed E-state index contributed by atoms with van der Waals surface area (Å²) in [6, 6.07) is 9.97. The molecule has 2 aromatic rings. The Kier molecular flexibility index (Phi) is 7.13. The van der Waals surface area contributed by atoms with E-state index in [-0.39, 0.29) is 23.7 Å². The van der Waals surface area contributed by atoms with Gasteiger partial charge in [0.05, 0.1) is 29.2 Å². The van der Waals surface area contributed by atoms with Gasteiger partial charge in [0.1, 0.15) is 5.50 Å². The van der Waals surface area contributed by atoms with Crippen molar-refractivity contribution in [3.63, 3.8) is 0 Å². The van der Waals surface area contributed by atoms with Gasteiger partial charge in [0.15, 0.2) is 0 Å². The number of fused-ring (bicyclic) bond motifs is 1. The second kappa shape index (κ2) is 10.2. The molecule has 1 amide bonds. The summed E-state index contributed by atoms with van der Waals surface area (Å²) in [5.41, 5.74) is 2.38. The lowest BCUT2D eigenvalue weighted by Gasteiger charge is -2.45. The molecule has 0 bridgehead atoms. The van der Waals surface area contributed by atoms with Crippen molar-refractivity contribution in [1.82, 2.24) is 20.9 Å². The predicted octanol–water partition coefficient (Wildman–Crippen LogP) is 2.39. The molecular formula is C23H25N5O5S. The molecule has 1 fully saturated rings. The number of thioether (sulfide) groups is 1. The molecule has 2 aliphatic rings. The van der Waals surface area contributed by atoms with Crippen LogP contribution in [0.2, 0.25) is 0 Å². The molecule has 178 valence electrons. The number of carbonyl (C=O) groups is 2. The Morgan fingerprint density at radius 2 is 2.00 bits per heavy atom. The molecule has 0 radical (unpaired) electrons. The maximum absolute atomic E-state index is 13.3. The minimum atomic E-state index is -0.594. The van der Waals surface area contributed by atoms with Crippen LogP contribution in [-0.4, -0.2) is 40.1 Å². The van der Waals surface area contributed by atoms with Crippen LogP contribution >= 0.6 is 11.8 Å². The number of esters is 1. The maximum atomic E-state index is 13.3. The molecule has 1 aromatic carbocycles. The third-order valence-corrected chi connectivity index (χ3v) is 6.90. The third-order valence-electron chi connectivity index (χ3n) is 5.81. The number of rotatable bonds is 7. The Balaban J connectivity index is 1.54. The largest absolute Gasteiger partial charge is 0.463 e. The van der Waals surface area contributed by atoms with E-state index in [0.29, 0.717) is 17.0 Å².